The predicted molar refractivity (Wildman–Crippen MR) is 73.9 cm³/mol. The molecule has 0 atom stereocenters. The monoisotopic (exact) mass is 275 g/mol. The van der Waals surface area contributed by atoms with Crippen LogP contribution in [0, 0.1) is 5.82 Å². The second-order valence-corrected chi connectivity index (χ2v) is 5.94. The molecule has 5 heteroatoms. The Balaban J connectivity index is 1.91. The Hall–Kier alpha value is -1.46. The lowest BCUT2D eigenvalue weighted by atomic mass is 9.90. The summed E-state index contributed by atoms with van der Waals surface area (Å²) in [5.74, 6) is 0.688. The summed E-state index contributed by atoms with van der Waals surface area (Å²) in [4.78, 5) is 4.73. The van der Waals surface area contributed by atoms with Crippen molar-refractivity contribution in [2.24, 2.45) is 5.73 Å². The van der Waals surface area contributed by atoms with E-state index in [0.717, 1.165) is 42.5 Å². The number of rotatable bonds is 2. The van der Waals surface area contributed by atoms with Crippen LogP contribution in [0.4, 0.5) is 4.39 Å². The minimum absolute atomic E-state index is 0.219. The van der Waals surface area contributed by atoms with Crippen molar-refractivity contribution < 1.29 is 9.13 Å². The van der Waals surface area contributed by atoms with Crippen LogP contribution >= 0.6 is 0 Å². The summed E-state index contributed by atoms with van der Waals surface area (Å²) in [6.07, 6.45) is 3.79. The predicted octanol–water partition coefficient (Wildman–Crippen LogP) is 2.47. The Kier molecular flexibility index (Phi) is 2.62. The van der Waals surface area contributed by atoms with Crippen molar-refractivity contribution in [2.75, 3.05) is 13.2 Å². The quantitative estimate of drug-likeness (QED) is 0.916. The van der Waals surface area contributed by atoms with Crippen LogP contribution in [0.3, 0.4) is 0 Å². The molecule has 2 aromatic rings. The highest BCUT2D eigenvalue weighted by atomic mass is 19.1. The topological polar surface area (TPSA) is 53.1 Å². The molecule has 2 N–H and O–H groups in total. The number of aromatic nitrogens is 2. The lowest BCUT2D eigenvalue weighted by Crippen LogP contribution is -2.44. The highest BCUT2D eigenvalue weighted by Gasteiger charge is 2.39. The molecule has 106 valence electrons. The minimum atomic E-state index is -0.448. The molecule has 2 aliphatic rings. The molecule has 20 heavy (non-hydrogen) atoms. The van der Waals surface area contributed by atoms with Crippen LogP contribution in [0.25, 0.3) is 11.0 Å². The Morgan fingerprint density at radius 3 is 2.75 bits per heavy atom. The summed E-state index contributed by atoms with van der Waals surface area (Å²) in [5.41, 5.74) is 7.86. The van der Waals surface area contributed by atoms with E-state index >= 15 is 0 Å². The molecule has 1 saturated heterocycles. The first-order chi connectivity index (χ1) is 9.67. The third kappa shape index (κ3) is 1.84. The zero-order valence-corrected chi connectivity index (χ0v) is 11.3. The first-order valence-corrected chi connectivity index (χ1v) is 7.22. The van der Waals surface area contributed by atoms with Crippen LogP contribution in [-0.2, 0) is 10.3 Å². The molecule has 1 aromatic heterocycles. The summed E-state index contributed by atoms with van der Waals surface area (Å²) in [6, 6.07) is 5.21. The van der Waals surface area contributed by atoms with E-state index in [4.69, 9.17) is 15.5 Å². The average molecular weight is 275 g/mol. The van der Waals surface area contributed by atoms with Gasteiger partial charge in [0.05, 0.1) is 16.6 Å². The fourth-order valence-electron chi connectivity index (χ4n) is 3.08. The highest BCUT2D eigenvalue weighted by Crippen LogP contribution is 2.42. The third-order valence-corrected chi connectivity index (χ3v) is 4.39. The van der Waals surface area contributed by atoms with Gasteiger partial charge in [0.15, 0.2) is 0 Å². The van der Waals surface area contributed by atoms with Gasteiger partial charge in [0.2, 0.25) is 0 Å². The molecule has 0 amide bonds. The maximum atomic E-state index is 13.6. The second-order valence-electron chi connectivity index (χ2n) is 5.94. The van der Waals surface area contributed by atoms with Crippen molar-refractivity contribution >= 4 is 11.0 Å². The molecule has 0 spiro atoms. The Morgan fingerprint density at radius 2 is 2.05 bits per heavy atom. The molecular formula is C15H18FN3O. The Bertz CT molecular complexity index is 656. The first kappa shape index (κ1) is 12.3. The second kappa shape index (κ2) is 4.27. The number of nitrogens with zero attached hydrogens (tertiary/aromatic N) is 2. The molecule has 2 heterocycles. The first-order valence-electron chi connectivity index (χ1n) is 7.22. The molecule has 1 saturated carbocycles. The molecule has 0 radical (unpaired) electrons. The maximum absolute atomic E-state index is 13.6. The Labute approximate surface area is 116 Å². The fourth-order valence-corrected chi connectivity index (χ4v) is 3.08. The molecule has 2 fully saturated rings. The van der Waals surface area contributed by atoms with Gasteiger partial charge in [0.25, 0.3) is 0 Å². The third-order valence-electron chi connectivity index (χ3n) is 4.39. The molecule has 4 nitrogen and oxygen atoms in total. The van der Waals surface area contributed by atoms with Crippen molar-refractivity contribution in [3.63, 3.8) is 0 Å². The fraction of sp³-hybridized carbons (Fsp3) is 0.533. The average Bonchev–Trinajstić information content (AvgIpc) is 3.20. The van der Waals surface area contributed by atoms with Crippen molar-refractivity contribution in [1.82, 2.24) is 9.55 Å². The lowest BCUT2D eigenvalue weighted by Gasteiger charge is -2.33. The Morgan fingerprint density at radius 1 is 1.30 bits per heavy atom. The summed E-state index contributed by atoms with van der Waals surface area (Å²) >= 11 is 0. The molecule has 4 rings (SSSR count). The van der Waals surface area contributed by atoms with E-state index in [9.17, 15) is 4.39 Å². The van der Waals surface area contributed by atoms with Crippen molar-refractivity contribution in [3.05, 3.63) is 29.8 Å². The van der Waals surface area contributed by atoms with E-state index in [2.05, 4.69) is 4.57 Å². The summed E-state index contributed by atoms with van der Waals surface area (Å²) < 4.78 is 21.1. The number of hydrogen-bond donors (Lipinski definition) is 1. The molecule has 0 bridgehead atoms. The van der Waals surface area contributed by atoms with Gasteiger partial charge in [0, 0.05) is 19.3 Å². The maximum Gasteiger partial charge on any atom is 0.130 e. The standard InChI is InChI=1S/C15H18FN3O/c16-10-1-4-12-13(9-10)19(11-2-3-11)14(18-12)15(17)5-7-20-8-6-15/h1,4,9,11H,2-3,5-8,17H2. The van der Waals surface area contributed by atoms with E-state index in [1.807, 2.05) is 0 Å². The molecule has 1 aromatic carbocycles. The molecule has 1 aliphatic carbocycles. The SMILES string of the molecule is NC1(c2nc3ccc(F)cc3n2C2CC2)CCOCC1. The summed E-state index contributed by atoms with van der Waals surface area (Å²) in [7, 11) is 0. The number of fused-ring (bicyclic) bond motifs is 1. The largest absolute Gasteiger partial charge is 0.381 e. The number of halogens is 1. The van der Waals surface area contributed by atoms with Crippen LogP contribution in [0.5, 0.6) is 0 Å². The smallest absolute Gasteiger partial charge is 0.130 e. The van der Waals surface area contributed by atoms with E-state index in [0.29, 0.717) is 19.3 Å². The van der Waals surface area contributed by atoms with Crippen LogP contribution in [0.15, 0.2) is 18.2 Å². The van der Waals surface area contributed by atoms with Gasteiger partial charge in [-0.25, -0.2) is 9.37 Å². The van der Waals surface area contributed by atoms with E-state index in [1.54, 1.807) is 12.1 Å². The van der Waals surface area contributed by atoms with Crippen LogP contribution in [0.1, 0.15) is 37.5 Å². The van der Waals surface area contributed by atoms with Crippen LogP contribution in [-0.4, -0.2) is 22.8 Å². The number of hydrogen-bond acceptors (Lipinski definition) is 3. The van der Waals surface area contributed by atoms with Crippen LogP contribution in [0.2, 0.25) is 0 Å². The van der Waals surface area contributed by atoms with Gasteiger partial charge >= 0.3 is 0 Å². The zero-order chi connectivity index (χ0) is 13.7. The van der Waals surface area contributed by atoms with Crippen molar-refractivity contribution in [2.45, 2.75) is 37.3 Å². The molecule has 0 unspecified atom stereocenters. The number of imidazole rings is 1. The lowest BCUT2D eigenvalue weighted by molar-refractivity contribution is 0.0480. The molecular weight excluding hydrogens is 257 g/mol. The van der Waals surface area contributed by atoms with E-state index in [-0.39, 0.29) is 5.82 Å². The van der Waals surface area contributed by atoms with Gasteiger partial charge < -0.3 is 15.0 Å². The van der Waals surface area contributed by atoms with Crippen LogP contribution < -0.4 is 5.73 Å². The van der Waals surface area contributed by atoms with Gasteiger partial charge in [-0.3, -0.25) is 0 Å². The number of ether oxygens (including phenoxy) is 1. The van der Waals surface area contributed by atoms with Gasteiger partial charge in [-0.05, 0) is 43.9 Å². The van der Waals surface area contributed by atoms with E-state index in [1.165, 1.54) is 6.07 Å². The number of nitrogens with two attached hydrogens (primary N) is 1. The summed E-state index contributed by atoms with van der Waals surface area (Å²) in [5, 5.41) is 0. The minimum Gasteiger partial charge on any atom is -0.381 e. The van der Waals surface area contributed by atoms with Crippen molar-refractivity contribution in [3.8, 4) is 0 Å². The highest BCUT2D eigenvalue weighted by molar-refractivity contribution is 5.76. The normalized spacial score (nSPS) is 22.3. The molecule has 1 aliphatic heterocycles. The van der Waals surface area contributed by atoms with Gasteiger partial charge in [-0.2, -0.15) is 0 Å². The summed E-state index contributed by atoms with van der Waals surface area (Å²) in [6.45, 7) is 1.33. The zero-order valence-electron chi connectivity index (χ0n) is 11.3. The van der Waals surface area contributed by atoms with Gasteiger partial charge in [-0.1, -0.05) is 0 Å². The van der Waals surface area contributed by atoms with Gasteiger partial charge in [0.1, 0.15) is 11.6 Å². The number of benzene rings is 1. The van der Waals surface area contributed by atoms with E-state index < -0.39 is 5.54 Å². The van der Waals surface area contributed by atoms with Gasteiger partial charge in [-0.15, -0.1) is 0 Å². The van der Waals surface area contributed by atoms with Crippen molar-refractivity contribution in [1.29, 1.82) is 0 Å².